The molecule has 0 atom stereocenters. The van der Waals surface area contributed by atoms with Crippen LogP contribution in [0.1, 0.15) is 18.4 Å². The molecule has 0 saturated carbocycles. The first-order valence-corrected chi connectivity index (χ1v) is 6.40. The minimum Gasteiger partial charge on any atom is -0.341 e. The van der Waals surface area contributed by atoms with Crippen LogP contribution >= 0.6 is 0 Å². The van der Waals surface area contributed by atoms with Gasteiger partial charge in [-0.25, -0.2) is 9.18 Å². The van der Waals surface area contributed by atoms with Crippen LogP contribution in [0.3, 0.4) is 0 Å². The van der Waals surface area contributed by atoms with E-state index in [4.69, 9.17) is 0 Å². The molecule has 1 aliphatic rings. The number of piperidine rings is 1. The molecular weight excluding hydrogens is 231 g/mol. The first-order valence-electron chi connectivity index (χ1n) is 6.40. The number of likely N-dealkylation sites (tertiary alicyclic amines) is 1. The lowest BCUT2D eigenvalue weighted by Gasteiger charge is -2.31. The van der Waals surface area contributed by atoms with Gasteiger partial charge >= 0.3 is 6.03 Å². The van der Waals surface area contributed by atoms with Gasteiger partial charge in [0.05, 0.1) is 0 Å². The summed E-state index contributed by atoms with van der Waals surface area (Å²) in [4.78, 5) is 13.3. The Bertz CT molecular complexity index is 414. The highest BCUT2D eigenvalue weighted by atomic mass is 19.1. The second kappa shape index (κ2) is 5.85. The number of urea groups is 1. The number of benzene rings is 1. The van der Waals surface area contributed by atoms with E-state index >= 15 is 0 Å². The normalized spacial score (nSPS) is 16.7. The second-order valence-corrected chi connectivity index (χ2v) is 4.82. The number of carbonyl (C=O) groups excluding carboxylic acids is 1. The summed E-state index contributed by atoms with van der Waals surface area (Å²) in [6.45, 7) is 1.58. The van der Waals surface area contributed by atoms with Crippen molar-refractivity contribution >= 4 is 6.03 Å². The van der Waals surface area contributed by atoms with Gasteiger partial charge in [0.15, 0.2) is 0 Å². The van der Waals surface area contributed by atoms with E-state index in [2.05, 4.69) is 5.32 Å². The van der Waals surface area contributed by atoms with Gasteiger partial charge in [-0.3, -0.25) is 0 Å². The standard InChI is InChI=1S/C14H19FN2O/c1-16-14(18)17-7-5-11(6-8-17)9-12-3-2-4-13(15)10-12/h2-4,10-11H,5-9H2,1H3,(H,16,18). The van der Waals surface area contributed by atoms with Crippen molar-refractivity contribution in [1.29, 1.82) is 0 Å². The molecular formula is C14H19FN2O. The van der Waals surface area contributed by atoms with Crippen molar-refractivity contribution in [2.24, 2.45) is 5.92 Å². The van der Waals surface area contributed by atoms with E-state index in [1.165, 1.54) is 6.07 Å². The number of halogens is 1. The van der Waals surface area contributed by atoms with E-state index in [9.17, 15) is 9.18 Å². The molecule has 4 heteroatoms. The molecule has 1 saturated heterocycles. The van der Waals surface area contributed by atoms with Gasteiger partial charge in [0, 0.05) is 20.1 Å². The quantitative estimate of drug-likeness (QED) is 0.859. The van der Waals surface area contributed by atoms with Crippen molar-refractivity contribution < 1.29 is 9.18 Å². The Kier molecular flexibility index (Phi) is 4.18. The third-order valence-electron chi connectivity index (χ3n) is 3.53. The summed E-state index contributed by atoms with van der Waals surface area (Å²) in [5.74, 6) is 0.378. The van der Waals surface area contributed by atoms with Crippen LogP contribution in [0.25, 0.3) is 0 Å². The maximum atomic E-state index is 13.1. The Morgan fingerprint density at radius 1 is 1.44 bits per heavy atom. The third kappa shape index (κ3) is 3.22. The number of hydrogen-bond acceptors (Lipinski definition) is 1. The number of nitrogens with one attached hydrogen (secondary N) is 1. The molecule has 2 rings (SSSR count). The SMILES string of the molecule is CNC(=O)N1CCC(Cc2cccc(F)c2)CC1. The molecule has 1 N–H and O–H groups in total. The third-order valence-corrected chi connectivity index (χ3v) is 3.53. The van der Waals surface area contributed by atoms with Crippen molar-refractivity contribution in [3.63, 3.8) is 0 Å². The van der Waals surface area contributed by atoms with Crippen molar-refractivity contribution in [3.05, 3.63) is 35.6 Å². The Morgan fingerprint density at radius 2 is 2.17 bits per heavy atom. The molecule has 0 spiro atoms. The zero-order valence-electron chi connectivity index (χ0n) is 10.7. The lowest BCUT2D eigenvalue weighted by Crippen LogP contribution is -2.43. The van der Waals surface area contributed by atoms with Crippen LogP contribution in [0.15, 0.2) is 24.3 Å². The number of nitrogens with zero attached hydrogens (tertiary/aromatic N) is 1. The molecule has 3 nitrogen and oxygen atoms in total. The average molecular weight is 250 g/mol. The van der Waals surface area contributed by atoms with E-state index in [0.717, 1.165) is 37.9 Å². The van der Waals surface area contributed by atoms with Gasteiger partial charge in [0.2, 0.25) is 0 Å². The van der Waals surface area contributed by atoms with Gasteiger partial charge in [0.1, 0.15) is 5.82 Å². The fourth-order valence-electron chi connectivity index (χ4n) is 2.50. The Hall–Kier alpha value is -1.58. The fraction of sp³-hybridized carbons (Fsp3) is 0.500. The smallest absolute Gasteiger partial charge is 0.317 e. The fourth-order valence-corrected chi connectivity index (χ4v) is 2.50. The lowest BCUT2D eigenvalue weighted by molar-refractivity contribution is 0.172. The first kappa shape index (κ1) is 12.9. The Labute approximate surface area is 107 Å². The van der Waals surface area contributed by atoms with Crippen molar-refractivity contribution in [3.8, 4) is 0 Å². The summed E-state index contributed by atoms with van der Waals surface area (Å²) >= 11 is 0. The number of carbonyl (C=O) groups is 1. The molecule has 1 aliphatic heterocycles. The van der Waals surface area contributed by atoms with Crippen LogP contribution in [-0.4, -0.2) is 31.1 Å². The molecule has 18 heavy (non-hydrogen) atoms. The lowest BCUT2D eigenvalue weighted by atomic mass is 9.90. The second-order valence-electron chi connectivity index (χ2n) is 4.82. The van der Waals surface area contributed by atoms with Crippen molar-refractivity contribution in [1.82, 2.24) is 10.2 Å². The molecule has 0 bridgehead atoms. The molecule has 98 valence electrons. The highest BCUT2D eigenvalue weighted by molar-refractivity contribution is 5.73. The van der Waals surface area contributed by atoms with Gasteiger partial charge in [-0.15, -0.1) is 0 Å². The summed E-state index contributed by atoms with van der Waals surface area (Å²) in [7, 11) is 1.65. The van der Waals surface area contributed by atoms with E-state index in [0.29, 0.717) is 5.92 Å². The molecule has 1 aromatic rings. The van der Waals surface area contributed by atoms with E-state index in [-0.39, 0.29) is 11.8 Å². The average Bonchev–Trinajstić information content (AvgIpc) is 2.39. The zero-order chi connectivity index (χ0) is 13.0. The van der Waals surface area contributed by atoms with Crippen molar-refractivity contribution in [2.45, 2.75) is 19.3 Å². The highest BCUT2D eigenvalue weighted by Crippen LogP contribution is 2.21. The number of amides is 2. The van der Waals surface area contributed by atoms with Crippen LogP contribution in [0, 0.1) is 11.7 Å². The predicted octanol–water partition coefficient (Wildman–Crippen LogP) is 2.42. The maximum Gasteiger partial charge on any atom is 0.317 e. The van der Waals surface area contributed by atoms with Crippen LogP contribution in [0.2, 0.25) is 0 Å². The minimum atomic E-state index is -0.171. The predicted molar refractivity (Wildman–Crippen MR) is 68.9 cm³/mol. The maximum absolute atomic E-state index is 13.1. The molecule has 1 heterocycles. The minimum absolute atomic E-state index is 0.000736. The van der Waals surface area contributed by atoms with Gasteiger partial charge < -0.3 is 10.2 Å². The summed E-state index contributed by atoms with van der Waals surface area (Å²) in [6, 6.07) is 6.79. The van der Waals surface area contributed by atoms with Crippen LogP contribution in [0.5, 0.6) is 0 Å². The number of hydrogen-bond donors (Lipinski definition) is 1. The van der Waals surface area contributed by atoms with Gasteiger partial charge in [-0.1, -0.05) is 12.1 Å². The highest BCUT2D eigenvalue weighted by Gasteiger charge is 2.22. The first-order chi connectivity index (χ1) is 8.69. The van der Waals surface area contributed by atoms with Crippen molar-refractivity contribution in [2.75, 3.05) is 20.1 Å². The molecule has 0 radical (unpaired) electrons. The largest absolute Gasteiger partial charge is 0.341 e. The van der Waals surface area contributed by atoms with Crippen LogP contribution < -0.4 is 5.32 Å². The molecule has 0 unspecified atom stereocenters. The molecule has 1 fully saturated rings. The topological polar surface area (TPSA) is 32.3 Å². The van der Waals surface area contributed by atoms with Crippen LogP contribution in [-0.2, 0) is 6.42 Å². The molecule has 2 amide bonds. The Balaban J connectivity index is 1.85. The van der Waals surface area contributed by atoms with E-state index < -0.39 is 0 Å². The van der Waals surface area contributed by atoms with Gasteiger partial charge in [-0.2, -0.15) is 0 Å². The monoisotopic (exact) mass is 250 g/mol. The summed E-state index contributed by atoms with van der Waals surface area (Å²) in [5.41, 5.74) is 1.05. The van der Waals surface area contributed by atoms with E-state index in [1.807, 2.05) is 11.0 Å². The van der Waals surface area contributed by atoms with Gasteiger partial charge in [0.25, 0.3) is 0 Å². The summed E-state index contributed by atoms with van der Waals surface area (Å²) in [5, 5.41) is 2.64. The number of rotatable bonds is 2. The molecule has 1 aromatic carbocycles. The zero-order valence-corrected chi connectivity index (χ0v) is 10.7. The van der Waals surface area contributed by atoms with E-state index in [1.54, 1.807) is 19.2 Å². The molecule has 0 aromatic heterocycles. The molecule has 0 aliphatic carbocycles. The van der Waals surface area contributed by atoms with Gasteiger partial charge in [-0.05, 0) is 42.9 Å². The van der Waals surface area contributed by atoms with Crippen LogP contribution in [0.4, 0.5) is 9.18 Å². The summed E-state index contributed by atoms with van der Waals surface area (Å²) < 4.78 is 13.1. The Morgan fingerprint density at radius 3 is 2.78 bits per heavy atom. The summed E-state index contributed by atoms with van der Waals surface area (Å²) in [6.07, 6.45) is 2.88.